The van der Waals surface area contributed by atoms with Crippen molar-refractivity contribution >= 4 is 29.3 Å². The first-order valence-electron chi connectivity index (χ1n) is 11.7. The summed E-state index contributed by atoms with van der Waals surface area (Å²) >= 11 is 0. The van der Waals surface area contributed by atoms with E-state index in [2.05, 4.69) is 0 Å². The highest BCUT2D eigenvalue weighted by molar-refractivity contribution is 6.16. The van der Waals surface area contributed by atoms with E-state index in [-0.39, 0.29) is 36.5 Å². The van der Waals surface area contributed by atoms with E-state index in [9.17, 15) is 19.2 Å². The van der Waals surface area contributed by atoms with Crippen molar-refractivity contribution in [3.05, 3.63) is 63.7 Å². The van der Waals surface area contributed by atoms with Crippen LogP contribution in [0.15, 0.2) is 30.3 Å². The van der Waals surface area contributed by atoms with E-state index in [1.54, 1.807) is 29.2 Å². The van der Waals surface area contributed by atoms with Crippen LogP contribution >= 0.6 is 0 Å². The number of benzene rings is 2. The van der Waals surface area contributed by atoms with Crippen molar-refractivity contribution < 1.29 is 23.9 Å². The number of amides is 2. The van der Waals surface area contributed by atoms with Crippen LogP contribution in [0.1, 0.15) is 68.7 Å². The Balaban J connectivity index is 1.49. The van der Waals surface area contributed by atoms with E-state index >= 15 is 0 Å². The number of rotatable bonds is 5. The van der Waals surface area contributed by atoms with Crippen molar-refractivity contribution in [1.82, 2.24) is 4.90 Å². The number of hydrogen-bond acceptors (Lipinski definition) is 5. The van der Waals surface area contributed by atoms with Crippen LogP contribution in [-0.4, -0.2) is 46.8 Å². The third-order valence-electron chi connectivity index (χ3n) is 7.65. The fourth-order valence-corrected chi connectivity index (χ4v) is 5.34. The number of nitrogens with zero attached hydrogens (tertiary/aromatic N) is 2. The predicted molar refractivity (Wildman–Crippen MR) is 126 cm³/mol. The molecule has 2 amide bonds. The highest BCUT2D eigenvalue weighted by atomic mass is 16.5. The number of esters is 1. The number of carbonyl (C=O) groups is 4. The summed E-state index contributed by atoms with van der Waals surface area (Å²) in [6.07, 6.45) is 1.82. The number of ether oxygens (including phenoxy) is 1. The zero-order valence-corrected chi connectivity index (χ0v) is 19.9. The first-order valence-corrected chi connectivity index (χ1v) is 11.7. The summed E-state index contributed by atoms with van der Waals surface area (Å²) in [6.45, 7) is 7.38. The zero-order valence-electron chi connectivity index (χ0n) is 19.9. The van der Waals surface area contributed by atoms with E-state index in [1.807, 2.05) is 33.8 Å². The summed E-state index contributed by atoms with van der Waals surface area (Å²) in [5.74, 6) is -1.52. The molecular formula is C27H28N2O5. The van der Waals surface area contributed by atoms with Gasteiger partial charge in [0.05, 0.1) is 11.3 Å². The van der Waals surface area contributed by atoms with Gasteiger partial charge in [0, 0.05) is 24.4 Å². The van der Waals surface area contributed by atoms with Gasteiger partial charge < -0.3 is 9.64 Å². The molecule has 1 unspecified atom stereocenters. The molecule has 5 rings (SSSR count). The Morgan fingerprint density at radius 3 is 2.44 bits per heavy atom. The Labute approximate surface area is 198 Å². The van der Waals surface area contributed by atoms with Crippen LogP contribution in [0, 0.1) is 27.7 Å². The molecule has 0 N–H and O–H groups in total. The van der Waals surface area contributed by atoms with E-state index in [0.29, 0.717) is 16.8 Å². The third-order valence-corrected chi connectivity index (χ3v) is 7.65. The van der Waals surface area contributed by atoms with Crippen LogP contribution in [0.5, 0.6) is 0 Å². The van der Waals surface area contributed by atoms with Crippen molar-refractivity contribution in [1.29, 1.82) is 0 Å². The molecule has 0 bridgehead atoms. The number of carbonyl (C=O) groups excluding carboxylic acids is 4. The van der Waals surface area contributed by atoms with E-state index in [0.717, 1.165) is 35.1 Å². The lowest BCUT2D eigenvalue weighted by Crippen LogP contribution is -2.69. The maximum Gasteiger partial charge on any atom is 0.354 e. The normalized spacial score (nSPS) is 21.4. The van der Waals surface area contributed by atoms with Gasteiger partial charge in [-0.1, -0.05) is 12.1 Å². The summed E-state index contributed by atoms with van der Waals surface area (Å²) in [5, 5.41) is 0. The van der Waals surface area contributed by atoms with Crippen LogP contribution in [0.4, 0.5) is 5.69 Å². The second-order valence-electron chi connectivity index (χ2n) is 9.58. The number of aryl methyl sites for hydroxylation is 1. The van der Waals surface area contributed by atoms with E-state index in [4.69, 9.17) is 4.74 Å². The lowest BCUT2D eigenvalue weighted by molar-refractivity contribution is -0.156. The topological polar surface area (TPSA) is 84.0 Å². The number of Topliss-reactive ketones (excluding diaryl/α,β-unsaturated/α-hetero) is 1. The summed E-state index contributed by atoms with van der Waals surface area (Å²) in [5.41, 5.74) is 3.84. The molecule has 2 fully saturated rings. The molecule has 1 saturated heterocycles. The minimum absolute atomic E-state index is 0.123. The molecule has 2 aromatic carbocycles. The Bertz CT molecular complexity index is 1260. The molecule has 1 atom stereocenters. The van der Waals surface area contributed by atoms with Gasteiger partial charge in [-0.3, -0.25) is 19.3 Å². The quantitative estimate of drug-likeness (QED) is 0.501. The Morgan fingerprint density at radius 2 is 1.74 bits per heavy atom. The highest BCUT2D eigenvalue weighted by Crippen LogP contribution is 2.49. The lowest BCUT2D eigenvalue weighted by atomic mass is 9.93. The molecule has 176 valence electrons. The number of para-hydroxylation sites is 1. The molecule has 34 heavy (non-hydrogen) atoms. The van der Waals surface area contributed by atoms with Gasteiger partial charge in [-0.15, -0.1) is 0 Å². The van der Waals surface area contributed by atoms with Crippen molar-refractivity contribution in [2.45, 2.75) is 65.1 Å². The smallest absolute Gasteiger partial charge is 0.354 e. The number of anilines is 1. The Morgan fingerprint density at radius 1 is 1.03 bits per heavy atom. The average Bonchev–Trinajstić information content (AvgIpc) is 3.60. The summed E-state index contributed by atoms with van der Waals surface area (Å²) in [4.78, 5) is 56.2. The molecule has 0 radical (unpaired) electrons. The van der Waals surface area contributed by atoms with Crippen LogP contribution in [0.2, 0.25) is 0 Å². The summed E-state index contributed by atoms with van der Waals surface area (Å²) in [6, 6.07) is 8.57. The van der Waals surface area contributed by atoms with Crippen LogP contribution in [0.3, 0.4) is 0 Å². The third kappa shape index (κ3) is 3.10. The number of ketones is 1. The van der Waals surface area contributed by atoms with Gasteiger partial charge in [-0.2, -0.15) is 0 Å². The first-order chi connectivity index (χ1) is 16.2. The average molecular weight is 461 g/mol. The molecule has 7 heteroatoms. The molecule has 1 aliphatic carbocycles. The maximum absolute atomic E-state index is 13.7. The van der Waals surface area contributed by atoms with Gasteiger partial charge in [0.2, 0.25) is 17.4 Å². The largest absolute Gasteiger partial charge is 0.454 e. The molecule has 7 nitrogen and oxygen atoms in total. The monoisotopic (exact) mass is 460 g/mol. The second-order valence-corrected chi connectivity index (χ2v) is 9.58. The van der Waals surface area contributed by atoms with Crippen LogP contribution < -0.4 is 4.90 Å². The molecule has 2 aromatic rings. The van der Waals surface area contributed by atoms with Crippen molar-refractivity contribution in [3.63, 3.8) is 0 Å². The zero-order chi connectivity index (χ0) is 24.4. The van der Waals surface area contributed by atoms with Crippen molar-refractivity contribution in [3.8, 4) is 0 Å². The molecule has 3 aliphatic rings. The standard InChI is InChI=1S/C27H28N2O5/c1-15-13-21(18(4)17(3)16(15)2)23(30)14-34-26(33)27-12-11-24(31)29(27)22-8-6-5-7-20(22)25(32)28(27)19-9-10-19/h5-8,13,19H,9-12,14H2,1-4H3. The number of hydrogen-bond donors (Lipinski definition) is 0. The van der Waals surface area contributed by atoms with Gasteiger partial charge in [0.15, 0.2) is 6.61 Å². The maximum atomic E-state index is 13.7. The molecule has 0 spiro atoms. The Kier molecular flexibility index (Phi) is 5.11. The minimum atomic E-state index is -1.54. The van der Waals surface area contributed by atoms with Gasteiger partial charge in [-0.05, 0) is 81.0 Å². The molecular weight excluding hydrogens is 432 g/mol. The van der Waals surface area contributed by atoms with Crippen molar-refractivity contribution in [2.24, 2.45) is 0 Å². The summed E-state index contributed by atoms with van der Waals surface area (Å²) in [7, 11) is 0. The predicted octanol–water partition coefficient (Wildman–Crippen LogP) is 3.79. The Hall–Kier alpha value is -3.48. The fourth-order valence-electron chi connectivity index (χ4n) is 5.34. The SMILES string of the molecule is Cc1cc(C(=O)COC(=O)C23CCC(=O)N2c2ccccc2C(=O)N3C2CC2)c(C)c(C)c1C. The van der Waals surface area contributed by atoms with E-state index in [1.165, 1.54) is 4.90 Å². The fraction of sp³-hybridized carbons (Fsp3) is 0.407. The highest BCUT2D eigenvalue weighted by Gasteiger charge is 2.64. The van der Waals surface area contributed by atoms with Gasteiger partial charge in [0.25, 0.3) is 5.91 Å². The minimum Gasteiger partial charge on any atom is -0.454 e. The molecule has 2 aliphatic heterocycles. The number of fused-ring (bicyclic) bond motifs is 3. The second kappa shape index (κ2) is 7.79. The van der Waals surface area contributed by atoms with Gasteiger partial charge in [0.1, 0.15) is 0 Å². The molecule has 0 aromatic heterocycles. The van der Waals surface area contributed by atoms with Gasteiger partial charge >= 0.3 is 5.97 Å². The first kappa shape index (κ1) is 22.3. The molecule has 2 heterocycles. The van der Waals surface area contributed by atoms with E-state index < -0.39 is 18.2 Å². The molecule has 1 saturated carbocycles. The summed E-state index contributed by atoms with van der Waals surface area (Å²) < 4.78 is 5.61. The van der Waals surface area contributed by atoms with Crippen molar-refractivity contribution in [2.75, 3.05) is 11.5 Å². The lowest BCUT2D eigenvalue weighted by Gasteiger charge is -2.48. The van der Waals surface area contributed by atoms with Crippen LogP contribution in [-0.2, 0) is 14.3 Å². The van der Waals surface area contributed by atoms with Crippen LogP contribution in [0.25, 0.3) is 0 Å². The van der Waals surface area contributed by atoms with Gasteiger partial charge in [-0.25, -0.2) is 4.79 Å².